The van der Waals surface area contributed by atoms with Gasteiger partial charge in [-0.25, -0.2) is 0 Å². The SMILES string of the molecule is CCCCOCCCN1C(=O)C(SCc2ccccc2)=C(c2ccc(C)c(C)c2)C1=O. The summed E-state index contributed by atoms with van der Waals surface area (Å²) < 4.78 is 5.61. The molecule has 1 aliphatic rings. The lowest BCUT2D eigenvalue weighted by atomic mass is 10.0. The Bertz CT molecular complexity index is 952. The van der Waals surface area contributed by atoms with Crippen molar-refractivity contribution in [2.24, 2.45) is 0 Å². The van der Waals surface area contributed by atoms with Crippen LogP contribution in [-0.4, -0.2) is 36.5 Å². The maximum absolute atomic E-state index is 13.3. The van der Waals surface area contributed by atoms with Crippen molar-refractivity contribution < 1.29 is 14.3 Å². The number of aryl methyl sites for hydroxylation is 2. The molecule has 4 nitrogen and oxygen atoms in total. The quantitative estimate of drug-likeness (QED) is 0.343. The van der Waals surface area contributed by atoms with Crippen LogP contribution in [0.5, 0.6) is 0 Å². The zero-order valence-electron chi connectivity index (χ0n) is 18.6. The first-order valence-corrected chi connectivity index (χ1v) is 11.9. The van der Waals surface area contributed by atoms with E-state index in [1.807, 2.05) is 62.4 Å². The molecule has 31 heavy (non-hydrogen) atoms. The number of thioether (sulfide) groups is 1. The van der Waals surface area contributed by atoms with Crippen LogP contribution in [0.1, 0.15) is 48.4 Å². The fourth-order valence-electron chi connectivity index (χ4n) is 3.45. The maximum atomic E-state index is 13.3. The van der Waals surface area contributed by atoms with E-state index in [1.54, 1.807) is 0 Å². The number of carbonyl (C=O) groups is 2. The minimum absolute atomic E-state index is 0.187. The van der Waals surface area contributed by atoms with Gasteiger partial charge in [-0.15, -0.1) is 11.8 Å². The third-order valence-corrected chi connectivity index (χ3v) is 6.60. The van der Waals surface area contributed by atoms with Crippen LogP contribution in [0.2, 0.25) is 0 Å². The number of hydrogen-bond donors (Lipinski definition) is 0. The molecule has 3 rings (SSSR count). The summed E-state index contributed by atoms with van der Waals surface area (Å²) in [5.41, 5.74) is 4.75. The zero-order valence-corrected chi connectivity index (χ0v) is 19.5. The highest BCUT2D eigenvalue weighted by molar-refractivity contribution is 8.03. The standard InChI is InChI=1S/C26H31NO3S/c1-4-5-15-30-16-9-14-27-25(28)23(22-13-12-19(2)20(3)17-22)24(26(27)29)31-18-21-10-7-6-8-11-21/h6-8,10-13,17H,4-5,9,14-16,18H2,1-3H3. The molecule has 0 aliphatic carbocycles. The van der Waals surface area contributed by atoms with Crippen molar-refractivity contribution in [2.75, 3.05) is 19.8 Å². The number of benzene rings is 2. The van der Waals surface area contributed by atoms with Gasteiger partial charge in [0.05, 0.1) is 10.5 Å². The van der Waals surface area contributed by atoms with Gasteiger partial charge in [-0.05, 0) is 48.9 Å². The summed E-state index contributed by atoms with van der Waals surface area (Å²) in [5.74, 6) is 0.266. The maximum Gasteiger partial charge on any atom is 0.267 e. The van der Waals surface area contributed by atoms with Crippen molar-refractivity contribution in [1.82, 2.24) is 4.90 Å². The largest absolute Gasteiger partial charge is 0.381 e. The number of carbonyl (C=O) groups excluding carboxylic acids is 2. The molecule has 2 amide bonds. The molecule has 0 atom stereocenters. The summed E-state index contributed by atoms with van der Waals surface area (Å²) >= 11 is 1.45. The first-order chi connectivity index (χ1) is 15.0. The van der Waals surface area contributed by atoms with Crippen molar-refractivity contribution in [2.45, 2.75) is 45.8 Å². The fourth-order valence-corrected chi connectivity index (χ4v) is 4.53. The average molecular weight is 438 g/mol. The van der Waals surface area contributed by atoms with Crippen LogP contribution >= 0.6 is 11.8 Å². The van der Waals surface area contributed by atoms with E-state index in [0.29, 0.717) is 35.8 Å². The molecule has 0 fully saturated rings. The van der Waals surface area contributed by atoms with E-state index in [4.69, 9.17) is 4.74 Å². The normalized spacial score (nSPS) is 14.1. The second kappa shape index (κ2) is 11.3. The third-order valence-electron chi connectivity index (χ3n) is 5.46. The number of imide groups is 1. The average Bonchev–Trinajstić information content (AvgIpc) is 3.01. The van der Waals surface area contributed by atoms with Crippen LogP contribution in [0.15, 0.2) is 53.4 Å². The van der Waals surface area contributed by atoms with E-state index in [-0.39, 0.29) is 11.8 Å². The second-order valence-corrected chi connectivity index (χ2v) is 8.84. The first kappa shape index (κ1) is 23.3. The molecule has 1 heterocycles. The Morgan fingerprint density at radius 3 is 2.35 bits per heavy atom. The number of rotatable bonds is 11. The van der Waals surface area contributed by atoms with Gasteiger partial charge in [-0.3, -0.25) is 14.5 Å². The zero-order chi connectivity index (χ0) is 22.2. The number of amides is 2. The molecule has 0 aromatic heterocycles. The predicted molar refractivity (Wildman–Crippen MR) is 128 cm³/mol. The van der Waals surface area contributed by atoms with E-state index in [1.165, 1.54) is 22.2 Å². The van der Waals surface area contributed by atoms with E-state index in [9.17, 15) is 9.59 Å². The van der Waals surface area contributed by atoms with Crippen LogP contribution in [0.25, 0.3) is 5.57 Å². The van der Waals surface area contributed by atoms with Gasteiger partial charge in [-0.2, -0.15) is 0 Å². The molecule has 0 saturated carbocycles. The molecule has 5 heteroatoms. The lowest BCUT2D eigenvalue weighted by Crippen LogP contribution is -2.33. The molecule has 0 spiro atoms. The Morgan fingerprint density at radius 1 is 0.903 bits per heavy atom. The van der Waals surface area contributed by atoms with Crippen LogP contribution in [0.4, 0.5) is 0 Å². The van der Waals surface area contributed by atoms with Crippen LogP contribution in [0.3, 0.4) is 0 Å². The molecule has 2 aromatic carbocycles. The van der Waals surface area contributed by atoms with Crippen LogP contribution < -0.4 is 0 Å². The van der Waals surface area contributed by atoms with Gasteiger partial charge in [-0.1, -0.05) is 61.9 Å². The monoisotopic (exact) mass is 437 g/mol. The Kier molecular flexibility index (Phi) is 8.50. The van der Waals surface area contributed by atoms with Crippen molar-refractivity contribution in [3.63, 3.8) is 0 Å². The van der Waals surface area contributed by atoms with Crippen LogP contribution in [0, 0.1) is 13.8 Å². The van der Waals surface area contributed by atoms with Gasteiger partial charge in [0.2, 0.25) is 0 Å². The first-order valence-electron chi connectivity index (χ1n) is 11.0. The summed E-state index contributed by atoms with van der Waals surface area (Å²) in [6.07, 6.45) is 2.77. The van der Waals surface area contributed by atoms with Gasteiger partial charge in [0, 0.05) is 25.5 Å². The van der Waals surface area contributed by atoms with Gasteiger partial charge in [0.1, 0.15) is 0 Å². The van der Waals surface area contributed by atoms with Gasteiger partial charge in [0.15, 0.2) is 0 Å². The smallest absolute Gasteiger partial charge is 0.267 e. The summed E-state index contributed by atoms with van der Waals surface area (Å²) in [6.45, 7) is 7.87. The minimum atomic E-state index is -0.197. The van der Waals surface area contributed by atoms with Crippen LogP contribution in [-0.2, 0) is 20.1 Å². The molecule has 0 radical (unpaired) electrons. The molecule has 0 bridgehead atoms. The number of unbranched alkanes of at least 4 members (excludes halogenated alkanes) is 1. The molecule has 0 unspecified atom stereocenters. The molecule has 0 saturated heterocycles. The Labute approximate surface area is 189 Å². The molecule has 164 valence electrons. The summed E-state index contributed by atoms with van der Waals surface area (Å²) in [4.78, 5) is 28.5. The van der Waals surface area contributed by atoms with Crippen molar-refractivity contribution in [3.05, 3.63) is 75.7 Å². The van der Waals surface area contributed by atoms with Gasteiger partial charge in [0.25, 0.3) is 11.8 Å². The van der Waals surface area contributed by atoms with E-state index >= 15 is 0 Å². The number of hydrogen-bond acceptors (Lipinski definition) is 4. The highest BCUT2D eigenvalue weighted by Crippen LogP contribution is 2.38. The summed E-state index contributed by atoms with van der Waals surface area (Å²) in [7, 11) is 0. The van der Waals surface area contributed by atoms with Gasteiger partial charge < -0.3 is 4.74 Å². The highest BCUT2D eigenvalue weighted by Gasteiger charge is 2.38. The Morgan fingerprint density at radius 2 is 1.65 bits per heavy atom. The third kappa shape index (κ3) is 5.86. The lowest BCUT2D eigenvalue weighted by Gasteiger charge is -2.15. The van der Waals surface area contributed by atoms with E-state index in [2.05, 4.69) is 6.92 Å². The fraction of sp³-hybridized carbons (Fsp3) is 0.385. The number of nitrogens with zero attached hydrogens (tertiary/aromatic N) is 1. The Balaban J connectivity index is 1.79. The lowest BCUT2D eigenvalue weighted by molar-refractivity contribution is -0.136. The molecule has 1 aliphatic heterocycles. The molecular formula is C26H31NO3S. The van der Waals surface area contributed by atoms with E-state index in [0.717, 1.165) is 36.1 Å². The minimum Gasteiger partial charge on any atom is -0.381 e. The van der Waals surface area contributed by atoms with Crippen molar-refractivity contribution in [1.29, 1.82) is 0 Å². The summed E-state index contributed by atoms with van der Waals surface area (Å²) in [5, 5.41) is 0. The van der Waals surface area contributed by atoms with Gasteiger partial charge >= 0.3 is 0 Å². The van der Waals surface area contributed by atoms with E-state index < -0.39 is 0 Å². The molecular weight excluding hydrogens is 406 g/mol. The Hall–Kier alpha value is -2.37. The van der Waals surface area contributed by atoms with Crippen molar-refractivity contribution >= 4 is 29.1 Å². The van der Waals surface area contributed by atoms with Crippen molar-refractivity contribution in [3.8, 4) is 0 Å². The summed E-state index contributed by atoms with van der Waals surface area (Å²) in [6, 6.07) is 16.0. The second-order valence-electron chi connectivity index (χ2n) is 7.86. The molecule has 0 N–H and O–H groups in total. The predicted octanol–water partition coefficient (Wildman–Crippen LogP) is 5.52. The molecule has 2 aromatic rings. The highest BCUT2D eigenvalue weighted by atomic mass is 32.2. The topological polar surface area (TPSA) is 46.6 Å². The number of ether oxygens (including phenoxy) is 1.